The Hall–Kier alpha value is -2.30. The van der Waals surface area contributed by atoms with Crippen molar-refractivity contribution in [3.8, 4) is 11.4 Å². The standard InChI is InChI=1S/C11H9N3O2/c1-7-3-4-8(9(14-7)11(15)16)10-12-5-2-6-13-10/h2-6H,1H3,(H,15,16)/i1D3. The minimum atomic E-state index is -2.46. The van der Waals surface area contributed by atoms with E-state index in [2.05, 4.69) is 15.0 Å². The molecule has 80 valence electrons. The minimum absolute atomic E-state index is 0.182. The van der Waals surface area contributed by atoms with E-state index < -0.39 is 12.8 Å². The number of aromatic carboxylic acids is 1. The molecule has 2 rings (SSSR count). The molecule has 0 aliphatic carbocycles. The number of hydrogen-bond acceptors (Lipinski definition) is 4. The van der Waals surface area contributed by atoms with Crippen LogP contribution in [0.3, 0.4) is 0 Å². The molecule has 0 aliphatic rings. The van der Waals surface area contributed by atoms with Crippen LogP contribution in [-0.2, 0) is 0 Å². The molecule has 0 aromatic carbocycles. The quantitative estimate of drug-likeness (QED) is 0.827. The van der Waals surface area contributed by atoms with Gasteiger partial charge >= 0.3 is 5.97 Å². The van der Waals surface area contributed by atoms with Crippen LogP contribution in [0, 0.1) is 6.85 Å². The number of carboxylic acid groups (broad SMARTS) is 1. The summed E-state index contributed by atoms with van der Waals surface area (Å²) in [5.74, 6) is -1.14. The minimum Gasteiger partial charge on any atom is -0.476 e. The number of carbonyl (C=O) groups is 1. The van der Waals surface area contributed by atoms with E-state index in [0.717, 1.165) is 0 Å². The van der Waals surface area contributed by atoms with E-state index in [1.54, 1.807) is 6.07 Å². The van der Waals surface area contributed by atoms with Gasteiger partial charge in [0.1, 0.15) is 0 Å². The highest BCUT2D eigenvalue weighted by Gasteiger charge is 2.15. The van der Waals surface area contributed by atoms with E-state index in [-0.39, 0.29) is 22.8 Å². The van der Waals surface area contributed by atoms with Gasteiger partial charge in [-0.15, -0.1) is 0 Å². The van der Waals surface area contributed by atoms with E-state index >= 15 is 0 Å². The van der Waals surface area contributed by atoms with E-state index in [9.17, 15) is 4.79 Å². The maximum atomic E-state index is 11.2. The predicted octanol–water partition coefficient (Wildman–Crippen LogP) is 1.55. The molecule has 0 atom stereocenters. The first-order valence-electron chi connectivity index (χ1n) is 5.92. The first-order valence-corrected chi connectivity index (χ1v) is 4.42. The molecular formula is C11H9N3O2. The Morgan fingerprint density at radius 1 is 1.38 bits per heavy atom. The molecular weight excluding hydrogens is 206 g/mol. The van der Waals surface area contributed by atoms with Crippen molar-refractivity contribution in [3.05, 3.63) is 42.0 Å². The lowest BCUT2D eigenvalue weighted by atomic mass is 10.1. The summed E-state index contributed by atoms with van der Waals surface area (Å²) in [5, 5.41) is 9.12. The molecule has 0 amide bonds. The molecule has 0 bridgehead atoms. The van der Waals surface area contributed by atoms with Crippen molar-refractivity contribution < 1.29 is 14.0 Å². The van der Waals surface area contributed by atoms with Gasteiger partial charge in [-0.3, -0.25) is 0 Å². The summed E-state index contributed by atoms with van der Waals surface area (Å²) in [6, 6.07) is 4.20. The fraction of sp³-hybridized carbons (Fsp3) is 0.0909. The van der Waals surface area contributed by atoms with Crippen LogP contribution in [0.25, 0.3) is 11.4 Å². The average molecular weight is 218 g/mol. The van der Waals surface area contributed by atoms with Gasteiger partial charge in [-0.25, -0.2) is 19.7 Å². The lowest BCUT2D eigenvalue weighted by molar-refractivity contribution is 0.0691. The Kier molecular flexibility index (Phi) is 1.79. The van der Waals surface area contributed by atoms with Crippen molar-refractivity contribution in [1.82, 2.24) is 15.0 Å². The van der Waals surface area contributed by atoms with Gasteiger partial charge < -0.3 is 5.11 Å². The van der Waals surface area contributed by atoms with Gasteiger partial charge in [0, 0.05) is 22.2 Å². The fourth-order valence-corrected chi connectivity index (χ4v) is 1.24. The number of hydrogen-bond donors (Lipinski definition) is 1. The zero-order chi connectivity index (χ0) is 14.0. The van der Waals surface area contributed by atoms with Crippen LogP contribution in [0.15, 0.2) is 30.6 Å². The highest BCUT2D eigenvalue weighted by atomic mass is 16.4. The molecule has 0 saturated carbocycles. The number of nitrogens with zero attached hydrogens (tertiary/aromatic N) is 3. The zero-order valence-corrected chi connectivity index (χ0v) is 8.08. The van der Waals surface area contributed by atoms with Gasteiger partial charge in [0.05, 0.1) is 5.56 Å². The first-order chi connectivity index (χ1) is 8.89. The molecule has 5 nitrogen and oxygen atoms in total. The summed E-state index contributed by atoms with van der Waals surface area (Å²) < 4.78 is 21.7. The van der Waals surface area contributed by atoms with Crippen molar-refractivity contribution in [2.75, 3.05) is 0 Å². The monoisotopic (exact) mass is 218 g/mol. The molecule has 2 aromatic rings. The Labute approximate surface area is 96.0 Å². The Morgan fingerprint density at radius 3 is 2.75 bits per heavy atom. The molecule has 0 saturated heterocycles. The van der Waals surface area contributed by atoms with E-state index in [1.807, 2.05) is 0 Å². The number of carboxylic acids is 1. The first kappa shape index (κ1) is 7.05. The van der Waals surface area contributed by atoms with Crippen molar-refractivity contribution in [2.45, 2.75) is 6.85 Å². The molecule has 0 fully saturated rings. The third-order valence-corrected chi connectivity index (χ3v) is 1.90. The third kappa shape index (κ3) is 1.88. The molecule has 2 aromatic heterocycles. The van der Waals surface area contributed by atoms with Crippen LogP contribution in [0.4, 0.5) is 0 Å². The Balaban J connectivity index is 2.61. The summed E-state index contributed by atoms with van der Waals surface area (Å²) in [5.41, 5.74) is -0.467. The second kappa shape index (κ2) is 4.06. The normalized spacial score (nSPS) is 13.6. The van der Waals surface area contributed by atoms with Gasteiger partial charge in [-0.05, 0) is 25.1 Å². The largest absolute Gasteiger partial charge is 0.476 e. The molecule has 2 heterocycles. The van der Waals surface area contributed by atoms with E-state index in [4.69, 9.17) is 9.22 Å². The number of pyridine rings is 1. The smallest absolute Gasteiger partial charge is 0.355 e. The fourth-order valence-electron chi connectivity index (χ4n) is 1.24. The van der Waals surface area contributed by atoms with Crippen LogP contribution < -0.4 is 0 Å². The van der Waals surface area contributed by atoms with Gasteiger partial charge in [-0.2, -0.15) is 0 Å². The van der Waals surface area contributed by atoms with Crippen LogP contribution in [0.2, 0.25) is 0 Å². The maximum Gasteiger partial charge on any atom is 0.355 e. The topological polar surface area (TPSA) is 76.0 Å². The van der Waals surface area contributed by atoms with Crippen LogP contribution in [-0.4, -0.2) is 26.0 Å². The van der Waals surface area contributed by atoms with Gasteiger partial charge in [0.25, 0.3) is 0 Å². The SMILES string of the molecule is [2H]C([2H])([2H])c1ccc(-c2ncccn2)c(C(=O)O)n1. The Bertz CT molecular complexity index is 614. The zero-order valence-electron chi connectivity index (χ0n) is 11.1. The summed E-state index contributed by atoms with van der Waals surface area (Å²) in [6.45, 7) is -2.46. The maximum absolute atomic E-state index is 11.2. The van der Waals surface area contributed by atoms with Crippen LogP contribution in [0.5, 0.6) is 0 Å². The van der Waals surface area contributed by atoms with Crippen molar-refractivity contribution in [3.63, 3.8) is 0 Å². The third-order valence-electron chi connectivity index (χ3n) is 1.90. The lowest BCUT2D eigenvalue weighted by Gasteiger charge is -2.04. The van der Waals surface area contributed by atoms with Crippen molar-refractivity contribution in [1.29, 1.82) is 0 Å². The molecule has 5 heteroatoms. The summed E-state index contributed by atoms with van der Waals surface area (Å²) in [6.07, 6.45) is 2.93. The Morgan fingerprint density at radius 2 is 2.12 bits per heavy atom. The van der Waals surface area contributed by atoms with Gasteiger partial charge in [0.15, 0.2) is 11.5 Å². The average Bonchev–Trinajstić information content (AvgIpc) is 2.38. The predicted molar refractivity (Wildman–Crippen MR) is 57.0 cm³/mol. The van der Waals surface area contributed by atoms with Gasteiger partial charge in [-0.1, -0.05) is 0 Å². The molecule has 0 unspecified atom stereocenters. The molecule has 0 radical (unpaired) electrons. The van der Waals surface area contributed by atoms with Crippen LogP contribution >= 0.6 is 0 Å². The molecule has 16 heavy (non-hydrogen) atoms. The van der Waals surface area contributed by atoms with E-state index in [0.29, 0.717) is 0 Å². The molecule has 0 spiro atoms. The highest BCUT2D eigenvalue weighted by molar-refractivity contribution is 5.92. The van der Waals surface area contributed by atoms with Crippen LogP contribution in [0.1, 0.15) is 20.3 Å². The van der Waals surface area contributed by atoms with Crippen molar-refractivity contribution >= 4 is 5.97 Å². The number of aryl methyl sites for hydroxylation is 1. The highest BCUT2D eigenvalue weighted by Crippen LogP contribution is 2.18. The number of rotatable bonds is 2. The lowest BCUT2D eigenvalue weighted by Crippen LogP contribution is -2.05. The summed E-state index contributed by atoms with van der Waals surface area (Å²) in [4.78, 5) is 22.7. The molecule has 1 N–H and O–H groups in total. The second-order valence-corrected chi connectivity index (χ2v) is 2.97. The van der Waals surface area contributed by atoms with Crippen molar-refractivity contribution in [2.24, 2.45) is 0 Å². The van der Waals surface area contributed by atoms with Gasteiger partial charge in [0.2, 0.25) is 0 Å². The summed E-state index contributed by atoms with van der Waals surface area (Å²) >= 11 is 0. The summed E-state index contributed by atoms with van der Waals surface area (Å²) in [7, 11) is 0. The van der Waals surface area contributed by atoms with E-state index in [1.165, 1.54) is 24.5 Å². The molecule has 0 aliphatic heterocycles. The number of aromatic nitrogens is 3. The second-order valence-electron chi connectivity index (χ2n) is 2.97.